The van der Waals surface area contributed by atoms with Crippen LogP contribution in [0.1, 0.15) is 181 Å². The van der Waals surface area contributed by atoms with E-state index in [0.29, 0.717) is 24.6 Å². The molecule has 0 saturated carbocycles. The maximum atomic E-state index is 13.7. The van der Waals surface area contributed by atoms with Gasteiger partial charge in [0.2, 0.25) is 0 Å². The van der Waals surface area contributed by atoms with Crippen LogP contribution < -0.4 is 0 Å². The van der Waals surface area contributed by atoms with Crippen molar-refractivity contribution in [3.05, 3.63) is 144 Å². The third-order valence-electron chi connectivity index (χ3n) is 15.0. The van der Waals surface area contributed by atoms with Crippen molar-refractivity contribution >= 4 is 79.1 Å². The smallest absolute Gasteiger partial charge is 0.356 e. The lowest BCUT2D eigenvalue weighted by Crippen LogP contribution is -2.10. The minimum Gasteiger partial charge on any atom is -0.461 e. The lowest BCUT2D eigenvalue weighted by Gasteiger charge is -2.12. The minimum atomic E-state index is -0.341. The standard InChI is InChI=1S/C67H84N4O4S2/c1-3-5-32-48-76-64-62-56(54-40-24-26-42-60(54)70(62)44-28-12-10-18-34-52-36-20-16-21-37-52)50-58(68-64)66(72)74-46-30-14-8-7-9-15-31-47-75-67(73)59-51-57-55-41-25-27-43-61(55)71(63(57)65(69-59)77-49-33-6-4-2)45-29-13-11-19-35-53-38-22-17-23-39-53/h16-17,20-27,36-43,50-51H,3-15,18-19,28-35,44-49H2,1-2H3. The Labute approximate surface area is 467 Å². The van der Waals surface area contributed by atoms with Crippen molar-refractivity contribution in [3.63, 3.8) is 0 Å². The number of fused-ring (bicyclic) bond motifs is 6. The number of unbranched alkanes of at least 4 members (excludes halogenated alkanes) is 16. The van der Waals surface area contributed by atoms with Gasteiger partial charge in [-0.15, -0.1) is 23.5 Å². The van der Waals surface area contributed by atoms with Crippen LogP contribution in [0, 0.1) is 0 Å². The first kappa shape index (κ1) is 57.6. The molecule has 10 heteroatoms. The molecule has 0 N–H and O–H groups in total. The number of benzene rings is 4. The van der Waals surface area contributed by atoms with Crippen LogP contribution in [0.4, 0.5) is 0 Å². The highest BCUT2D eigenvalue weighted by Crippen LogP contribution is 2.38. The van der Waals surface area contributed by atoms with Gasteiger partial charge in [0.15, 0.2) is 0 Å². The third kappa shape index (κ3) is 16.7. The Hall–Kier alpha value is -5.58. The molecule has 0 saturated heterocycles. The highest BCUT2D eigenvalue weighted by atomic mass is 32.2. The number of thioether (sulfide) groups is 2. The van der Waals surface area contributed by atoms with Crippen molar-refractivity contribution in [2.75, 3.05) is 24.7 Å². The first-order valence-corrected chi connectivity index (χ1v) is 31.5. The number of hydrogen-bond donors (Lipinski definition) is 0. The number of esters is 2. The molecular formula is C67H84N4O4S2. The number of para-hydroxylation sites is 2. The second-order valence-electron chi connectivity index (χ2n) is 20.9. The van der Waals surface area contributed by atoms with Crippen LogP contribution in [0.3, 0.4) is 0 Å². The zero-order chi connectivity index (χ0) is 53.3. The van der Waals surface area contributed by atoms with E-state index in [1.807, 2.05) is 12.1 Å². The molecule has 0 amide bonds. The van der Waals surface area contributed by atoms with Gasteiger partial charge in [-0.1, -0.05) is 194 Å². The van der Waals surface area contributed by atoms with Crippen LogP contribution in [0.2, 0.25) is 0 Å². The molecule has 4 heterocycles. The number of rotatable bonds is 36. The fourth-order valence-electron chi connectivity index (χ4n) is 10.8. The number of nitrogens with zero attached hydrogens (tertiary/aromatic N) is 4. The number of hydrogen-bond acceptors (Lipinski definition) is 8. The monoisotopic (exact) mass is 1070 g/mol. The molecule has 8 rings (SSSR count). The number of aryl methyl sites for hydroxylation is 4. The van der Waals surface area contributed by atoms with Gasteiger partial charge in [-0.2, -0.15) is 0 Å². The molecule has 0 aliphatic heterocycles. The summed E-state index contributed by atoms with van der Waals surface area (Å²) in [5.74, 6) is 1.26. The van der Waals surface area contributed by atoms with Crippen molar-refractivity contribution in [2.45, 2.75) is 185 Å². The summed E-state index contributed by atoms with van der Waals surface area (Å²) in [6.07, 6.45) is 25.4. The van der Waals surface area contributed by atoms with Crippen molar-refractivity contribution in [3.8, 4) is 0 Å². The van der Waals surface area contributed by atoms with E-state index in [9.17, 15) is 9.59 Å². The Morgan fingerprint density at radius 1 is 0.416 bits per heavy atom. The van der Waals surface area contributed by atoms with E-state index < -0.39 is 0 Å². The average Bonchev–Trinajstić information content (AvgIpc) is 4.10. The highest BCUT2D eigenvalue weighted by molar-refractivity contribution is 7.99. The number of ether oxygens (including phenoxy) is 2. The number of pyridine rings is 2. The summed E-state index contributed by atoms with van der Waals surface area (Å²) in [7, 11) is 0. The lowest BCUT2D eigenvalue weighted by atomic mass is 10.1. The van der Waals surface area contributed by atoms with Crippen molar-refractivity contribution < 1.29 is 19.1 Å². The maximum Gasteiger partial charge on any atom is 0.356 e. The van der Waals surface area contributed by atoms with Gasteiger partial charge in [-0.05, 0) is 111 Å². The van der Waals surface area contributed by atoms with Gasteiger partial charge >= 0.3 is 11.9 Å². The Morgan fingerprint density at radius 2 is 0.792 bits per heavy atom. The molecule has 8 nitrogen and oxygen atoms in total. The van der Waals surface area contributed by atoms with Gasteiger partial charge in [-0.25, -0.2) is 19.6 Å². The van der Waals surface area contributed by atoms with Crippen LogP contribution in [0.25, 0.3) is 43.6 Å². The predicted octanol–water partition coefficient (Wildman–Crippen LogP) is 18.6. The lowest BCUT2D eigenvalue weighted by molar-refractivity contribution is 0.0483. The summed E-state index contributed by atoms with van der Waals surface area (Å²) < 4.78 is 16.7. The molecule has 0 atom stereocenters. The quantitative estimate of drug-likeness (QED) is 0.0218. The molecule has 0 spiro atoms. The maximum absolute atomic E-state index is 13.7. The van der Waals surface area contributed by atoms with E-state index in [0.717, 1.165) is 140 Å². The molecule has 408 valence electrons. The summed E-state index contributed by atoms with van der Waals surface area (Å²) in [5.41, 5.74) is 8.33. The van der Waals surface area contributed by atoms with Crippen molar-refractivity contribution in [2.24, 2.45) is 0 Å². The third-order valence-corrected chi connectivity index (χ3v) is 17.1. The number of carbonyl (C=O) groups is 2. The molecular weight excluding hydrogens is 989 g/mol. The summed E-state index contributed by atoms with van der Waals surface area (Å²) in [5, 5.41) is 6.38. The Balaban J connectivity index is 0.782. The first-order chi connectivity index (χ1) is 38.0. The van der Waals surface area contributed by atoms with Gasteiger partial charge in [0.25, 0.3) is 0 Å². The largest absolute Gasteiger partial charge is 0.461 e. The first-order valence-electron chi connectivity index (χ1n) is 29.6. The van der Waals surface area contributed by atoms with Gasteiger partial charge in [0.05, 0.1) is 24.2 Å². The zero-order valence-electron chi connectivity index (χ0n) is 46.3. The average molecular weight is 1070 g/mol. The Bertz CT molecular complexity index is 2850. The molecule has 4 aromatic carbocycles. The van der Waals surface area contributed by atoms with Gasteiger partial charge in [-0.3, -0.25) is 0 Å². The van der Waals surface area contributed by atoms with E-state index in [1.54, 1.807) is 23.5 Å². The normalized spacial score (nSPS) is 11.7. The van der Waals surface area contributed by atoms with Crippen molar-refractivity contribution in [1.29, 1.82) is 0 Å². The van der Waals surface area contributed by atoms with Crippen LogP contribution in [-0.4, -0.2) is 55.8 Å². The predicted molar refractivity (Wildman–Crippen MR) is 325 cm³/mol. The second-order valence-corrected chi connectivity index (χ2v) is 23.1. The Morgan fingerprint density at radius 3 is 1.22 bits per heavy atom. The van der Waals surface area contributed by atoms with E-state index in [1.165, 1.54) is 97.1 Å². The van der Waals surface area contributed by atoms with E-state index in [-0.39, 0.29) is 11.9 Å². The topological polar surface area (TPSA) is 88.2 Å². The molecule has 77 heavy (non-hydrogen) atoms. The summed E-state index contributed by atoms with van der Waals surface area (Å²) in [4.78, 5) is 37.4. The van der Waals surface area contributed by atoms with Crippen LogP contribution in [0.5, 0.6) is 0 Å². The van der Waals surface area contributed by atoms with Gasteiger partial charge < -0.3 is 18.6 Å². The zero-order valence-corrected chi connectivity index (χ0v) is 47.9. The molecule has 0 radical (unpaired) electrons. The minimum absolute atomic E-state index is 0.341. The van der Waals surface area contributed by atoms with Crippen molar-refractivity contribution in [1.82, 2.24) is 19.1 Å². The summed E-state index contributed by atoms with van der Waals surface area (Å²) >= 11 is 3.56. The van der Waals surface area contributed by atoms with Gasteiger partial charge in [0.1, 0.15) is 21.4 Å². The fourth-order valence-corrected chi connectivity index (χ4v) is 12.9. The van der Waals surface area contributed by atoms with Crippen LogP contribution in [0.15, 0.2) is 131 Å². The number of aromatic nitrogens is 4. The molecule has 0 unspecified atom stereocenters. The van der Waals surface area contributed by atoms with Crippen LogP contribution in [-0.2, 0) is 35.4 Å². The fraction of sp³-hybridized carbons (Fsp3) is 0.463. The molecule has 0 aliphatic carbocycles. The highest BCUT2D eigenvalue weighted by Gasteiger charge is 2.22. The van der Waals surface area contributed by atoms with Crippen LogP contribution >= 0.6 is 23.5 Å². The molecule has 4 aromatic heterocycles. The summed E-state index contributed by atoms with van der Waals surface area (Å²) in [6.45, 7) is 7.09. The Kier molecular flexibility index (Phi) is 23.7. The molecule has 0 aliphatic rings. The number of carbonyl (C=O) groups excluding carboxylic acids is 2. The van der Waals surface area contributed by atoms with E-state index >= 15 is 0 Å². The molecule has 0 fully saturated rings. The molecule has 8 aromatic rings. The summed E-state index contributed by atoms with van der Waals surface area (Å²) in [6, 6.07) is 42.7. The molecule has 0 bridgehead atoms. The van der Waals surface area contributed by atoms with Gasteiger partial charge in [0, 0.05) is 45.7 Å². The second kappa shape index (κ2) is 31.7. The van der Waals surface area contributed by atoms with E-state index in [4.69, 9.17) is 19.4 Å². The van der Waals surface area contributed by atoms with E-state index in [2.05, 4.69) is 132 Å². The SMILES string of the molecule is CCCCCSc1nc(C(=O)OCCCCCCCCCOC(=O)c2cc3c4ccccc4n(CCCCCCc4ccccc4)c3c(SCCCCC)n2)cc2c3ccccc3n(CCCCCCc3ccccc3)c12.